The van der Waals surface area contributed by atoms with Crippen LogP contribution in [0.3, 0.4) is 0 Å². The van der Waals surface area contributed by atoms with Gasteiger partial charge in [-0.3, -0.25) is 10.2 Å². The molecule has 110 valence electrons. The fourth-order valence-corrected chi connectivity index (χ4v) is 2.05. The van der Waals surface area contributed by atoms with Crippen LogP contribution in [0.2, 0.25) is 0 Å². The van der Waals surface area contributed by atoms with Crippen LogP contribution in [0.1, 0.15) is 16.7 Å². The Morgan fingerprint density at radius 2 is 2.10 bits per heavy atom. The fourth-order valence-electron chi connectivity index (χ4n) is 2.05. The van der Waals surface area contributed by atoms with Gasteiger partial charge in [-0.1, -0.05) is 24.3 Å². The Morgan fingerprint density at radius 3 is 2.67 bits per heavy atom. The van der Waals surface area contributed by atoms with Gasteiger partial charge in [-0.05, 0) is 23.0 Å². The topological polar surface area (TPSA) is 116 Å². The summed E-state index contributed by atoms with van der Waals surface area (Å²) in [7, 11) is 0. The average molecular weight is 289 g/mol. The molecule has 21 heavy (non-hydrogen) atoms. The van der Waals surface area contributed by atoms with Crippen molar-refractivity contribution in [2.24, 2.45) is 5.84 Å². The molecule has 1 heterocycles. The molecule has 2 rings (SSSR count). The van der Waals surface area contributed by atoms with Crippen molar-refractivity contribution in [3.05, 3.63) is 57.3 Å². The van der Waals surface area contributed by atoms with Crippen molar-refractivity contribution in [3.63, 3.8) is 0 Å². The number of nitrogens with two attached hydrogens (primary N) is 1. The number of nitrogens with one attached hydrogen (secondary N) is 1. The molecule has 3 N–H and O–H groups in total. The smallest absolute Gasteiger partial charge is 0.358 e. The molecule has 0 atom stereocenters. The summed E-state index contributed by atoms with van der Waals surface area (Å²) in [5.41, 5.74) is 4.24. The van der Waals surface area contributed by atoms with Crippen molar-refractivity contribution >= 4 is 11.7 Å². The van der Waals surface area contributed by atoms with Gasteiger partial charge in [-0.15, -0.1) is 0 Å². The van der Waals surface area contributed by atoms with Gasteiger partial charge in [0.15, 0.2) is 0 Å². The first kappa shape index (κ1) is 14.7. The van der Waals surface area contributed by atoms with Crippen LogP contribution in [0.5, 0.6) is 0 Å². The largest absolute Gasteiger partial charge is 0.392 e. The van der Waals surface area contributed by atoms with Crippen LogP contribution in [0.25, 0.3) is 0 Å². The van der Waals surface area contributed by atoms with Crippen LogP contribution in [0, 0.1) is 17.0 Å². The highest BCUT2D eigenvalue weighted by atomic mass is 16.6. The third kappa shape index (κ3) is 3.42. The Morgan fingerprint density at radius 1 is 1.43 bits per heavy atom. The highest BCUT2D eigenvalue weighted by Gasteiger charge is 2.18. The number of carbonyl (C=O) groups excluding carboxylic acids is 1. The number of amides is 1. The highest BCUT2D eigenvalue weighted by molar-refractivity contribution is 5.78. The van der Waals surface area contributed by atoms with E-state index in [-0.39, 0.29) is 18.1 Å². The molecule has 1 amide bonds. The lowest BCUT2D eigenvalue weighted by atomic mass is 10.0. The predicted molar refractivity (Wildman–Crippen MR) is 75.2 cm³/mol. The Kier molecular flexibility index (Phi) is 4.29. The molecule has 0 fully saturated rings. The van der Waals surface area contributed by atoms with E-state index in [2.05, 4.69) is 10.5 Å². The van der Waals surface area contributed by atoms with E-state index >= 15 is 0 Å². The van der Waals surface area contributed by atoms with Crippen LogP contribution < -0.4 is 11.3 Å². The number of aromatic nitrogens is 2. The molecule has 0 saturated heterocycles. The lowest BCUT2D eigenvalue weighted by Crippen LogP contribution is -2.31. The fraction of sp³-hybridized carbons (Fsp3) is 0.231. The zero-order valence-electron chi connectivity index (χ0n) is 11.4. The summed E-state index contributed by atoms with van der Waals surface area (Å²) in [5.74, 6) is 4.63. The molecule has 0 bridgehead atoms. The third-order valence-electron chi connectivity index (χ3n) is 3.05. The van der Waals surface area contributed by atoms with E-state index < -0.39 is 4.92 Å². The Balaban J connectivity index is 2.25. The minimum Gasteiger partial charge on any atom is -0.358 e. The molecular formula is C13H15N5O3. The lowest BCUT2D eigenvalue weighted by molar-refractivity contribution is -0.390. The Bertz CT molecular complexity index is 680. The van der Waals surface area contributed by atoms with E-state index in [1.807, 2.05) is 24.3 Å². The number of nitrogens with zero attached hydrogens (tertiary/aromatic N) is 3. The minimum atomic E-state index is -0.514. The van der Waals surface area contributed by atoms with E-state index in [1.54, 1.807) is 13.1 Å². The van der Waals surface area contributed by atoms with Gasteiger partial charge >= 0.3 is 5.82 Å². The number of nitro groups is 1. The van der Waals surface area contributed by atoms with Crippen molar-refractivity contribution in [2.45, 2.75) is 19.9 Å². The Hall–Kier alpha value is -2.74. The van der Waals surface area contributed by atoms with Gasteiger partial charge in [0.05, 0.1) is 29.8 Å². The maximum Gasteiger partial charge on any atom is 0.392 e. The van der Waals surface area contributed by atoms with Gasteiger partial charge in [-0.2, -0.15) is 4.68 Å². The van der Waals surface area contributed by atoms with Crippen molar-refractivity contribution in [3.8, 4) is 0 Å². The van der Waals surface area contributed by atoms with Gasteiger partial charge < -0.3 is 10.1 Å². The maximum atomic E-state index is 11.4. The van der Waals surface area contributed by atoms with Crippen LogP contribution in [0.4, 0.5) is 5.82 Å². The van der Waals surface area contributed by atoms with Crippen molar-refractivity contribution < 1.29 is 9.72 Å². The van der Waals surface area contributed by atoms with Gasteiger partial charge in [0.25, 0.3) is 0 Å². The van der Waals surface area contributed by atoms with Crippen LogP contribution in [0.15, 0.2) is 30.5 Å². The summed E-state index contributed by atoms with van der Waals surface area (Å²) in [6.07, 6.45) is 1.76. The standard InChI is InChI=1S/C13H15N5O3/c1-9-7-17(16-13(9)18(20)21)8-11-5-3-2-4-10(11)6-12(19)15-14/h2-5,7H,6,8,14H2,1H3,(H,15,19). The number of carbonyl (C=O) groups is 1. The average Bonchev–Trinajstić information content (AvgIpc) is 2.82. The highest BCUT2D eigenvalue weighted by Crippen LogP contribution is 2.17. The summed E-state index contributed by atoms with van der Waals surface area (Å²) < 4.78 is 1.49. The van der Waals surface area contributed by atoms with Crippen molar-refractivity contribution in [1.82, 2.24) is 15.2 Å². The van der Waals surface area contributed by atoms with E-state index in [0.29, 0.717) is 12.1 Å². The molecular weight excluding hydrogens is 274 g/mol. The maximum absolute atomic E-state index is 11.4. The Labute approximate surface area is 120 Å². The summed E-state index contributed by atoms with van der Waals surface area (Å²) >= 11 is 0. The normalized spacial score (nSPS) is 10.4. The second kappa shape index (κ2) is 6.14. The molecule has 0 unspecified atom stereocenters. The minimum absolute atomic E-state index is 0.148. The van der Waals surface area contributed by atoms with E-state index in [1.165, 1.54) is 4.68 Å². The molecule has 0 saturated carbocycles. The van der Waals surface area contributed by atoms with Gasteiger partial charge in [0, 0.05) is 0 Å². The molecule has 8 heteroatoms. The monoisotopic (exact) mass is 289 g/mol. The lowest BCUT2D eigenvalue weighted by Gasteiger charge is -2.07. The summed E-state index contributed by atoms with van der Waals surface area (Å²) in [4.78, 5) is 21.7. The van der Waals surface area contributed by atoms with Crippen molar-refractivity contribution in [2.75, 3.05) is 0 Å². The predicted octanol–water partition coefficient (Wildman–Crippen LogP) is 0.680. The second-order valence-corrected chi connectivity index (χ2v) is 4.60. The SMILES string of the molecule is Cc1cn(Cc2ccccc2CC(=O)NN)nc1[N+](=O)[O-]. The number of hydrazine groups is 1. The molecule has 0 aliphatic heterocycles. The van der Waals surface area contributed by atoms with E-state index in [4.69, 9.17) is 5.84 Å². The molecule has 0 radical (unpaired) electrons. The zero-order valence-corrected chi connectivity index (χ0v) is 11.4. The number of benzene rings is 1. The number of hydrogen-bond donors (Lipinski definition) is 2. The van der Waals surface area contributed by atoms with Gasteiger partial charge in [-0.25, -0.2) is 5.84 Å². The number of rotatable bonds is 5. The van der Waals surface area contributed by atoms with Crippen LogP contribution >= 0.6 is 0 Å². The summed E-state index contributed by atoms with van der Waals surface area (Å²) in [6.45, 7) is 1.98. The summed E-state index contributed by atoms with van der Waals surface area (Å²) in [5, 5.41) is 14.7. The van der Waals surface area contributed by atoms with Crippen molar-refractivity contribution in [1.29, 1.82) is 0 Å². The first-order valence-electron chi connectivity index (χ1n) is 6.26. The first-order chi connectivity index (χ1) is 10.0. The molecule has 2 aromatic rings. The molecule has 1 aromatic carbocycles. The number of aryl methyl sites for hydroxylation is 1. The molecule has 1 aromatic heterocycles. The summed E-state index contributed by atoms with van der Waals surface area (Å²) in [6, 6.07) is 7.32. The molecule has 0 spiro atoms. The molecule has 0 aliphatic carbocycles. The van der Waals surface area contributed by atoms with Crippen LogP contribution in [-0.4, -0.2) is 20.6 Å². The van der Waals surface area contributed by atoms with E-state index in [9.17, 15) is 14.9 Å². The number of hydrogen-bond acceptors (Lipinski definition) is 5. The van der Waals surface area contributed by atoms with E-state index in [0.717, 1.165) is 11.1 Å². The molecule has 0 aliphatic rings. The quantitative estimate of drug-likeness (QED) is 0.363. The zero-order chi connectivity index (χ0) is 15.4. The van der Waals surface area contributed by atoms with Gasteiger partial charge in [0.2, 0.25) is 5.91 Å². The molecule has 8 nitrogen and oxygen atoms in total. The third-order valence-corrected chi connectivity index (χ3v) is 3.05. The first-order valence-corrected chi connectivity index (χ1v) is 6.26. The van der Waals surface area contributed by atoms with Gasteiger partial charge in [0.1, 0.15) is 0 Å². The second-order valence-electron chi connectivity index (χ2n) is 4.60. The van der Waals surface area contributed by atoms with Crippen LogP contribution in [-0.2, 0) is 17.8 Å².